The third-order valence-corrected chi connectivity index (χ3v) is 3.53. The molecule has 1 heterocycles. The minimum Gasteiger partial charge on any atom is -0.487 e. The van der Waals surface area contributed by atoms with Crippen molar-refractivity contribution in [2.75, 3.05) is 31.1 Å². The Morgan fingerprint density at radius 2 is 2.24 bits per heavy atom. The number of rotatable bonds is 5. The van der Waals surface area contributed by atoms with Gasteiger partial charge >= 0.3 is 5.69 Å². The first-order chi connectivity index (χ1) is 9.94. The van der Waals surface area contributed by atoms with Crippen molar-refractivity contribution in [3.05, 3.63) is 28.3 Å². The number of ether oxygens (including phenoxy) is 1. The molecular formula is C15H23N3O3. The highest BCUT2D eigenvalue weighted by Gasteiger charge is 2.31. The predicted molar refractivity (Wildman–Crippen MR) is 83.2 cm³/mol. The van der Waals surface area contributed by atoms with Crippen molar-refractivity contribution in [1.29, 1.82) is 0 Å². The molecule has 6 heteroatoms. The zero-order valence-electron chi connectivity index (χ0n) is 12.9. The molecule has 0 bridgehead atoms. The second-order valence-corrected chi connectivity index (χ2v) is 5.96. The molecule has 116 valence electrons. The number of hydrogen-bond donors (Lipinski definition) is 1. The smallest absolute Gasteiger partial charge is 0.333 e. The van der Waals surface area contributed by atoms with Gasteiger partial charge in [-0.25, -0.2) is 0 Å². The van der Waals surface area contributed by atoms with E-state index >= 15 is 0 Å². The van der Waals surface area contributed by atoms with Crippen LogP contribution in [-0.2, 0) is 0 Å². The van der Waals surface area contributed by atoms with Gasteiger partial charge < -0.3 is 15.0 Å². The second kappa shape index (κ2) is 6.30. The van der Waals surface area contributed by atoms with Crippen molar-refractivity contribution in [3.63, 3.8) is 0 Å². The molecule has 0 saturated carbocycles. The van der Waals surface area contributed by atoms with Crippen molar-refractivity contribution >= 4 is 11.4 Å². The molecule has 0 atom stereocenters. The van der Waals surface area contributed by atoms with Gasteiger partial charge in [0.25, 0.3) is 0 Å². The first-order valence-corrected chi connectivity index (χ1v) is 7.35. The minimum atomic E-state index is -0.338. The van der Waals surface area contributed by atoms with Crippen LogP contribution in [0.2, 0.25) is 0 Å². The molecule has 1 aliphatic rings. The molecule has 1 aliphatic heterocycles. The predicted octanol–water partition coefficient (Wildman–Crippen LogP) is 2.57. The number of nitrogens with zero attached hydrogens (tertiary/aromatic N) is 2. The Hall–Kier alpha value is -1.82. The zero-order chi connectivity index (χ0) is 15.5. The lowest BCUT2D eigenvalue weighted by molar-refractivity contribution is -0.385. The molecule has 0 radical (unpaired) electrons. The Bertz CT molecular complexity index is 517. The average molecular weight is 293 g/mol. The van der Waals surface area contributed by atoms with Crippen molar-refractivity contribution in [2.24, 2.45) is 0 Å². The van der Waals surface area contributed by atoms with Crippen LogP contribution < -0.4 is 15.0 Å². The first-order valence-electron chi connectivity index (χ1n) is 7.35. The summed E-state index contributed by atoms with van der Waals surface area (Å²) < 4.78 is 5.55. The van der Waals surface area contributed by atoms with Crippen molar-refractivity contribution in [3.8, 4) is 5.75 Å². The van der Waals surface area contributed by atoms with E-state index in [1.54, 1.807) is 12.1 Å². The van der Waals surface area contributed by atoms with Crippen LogP contribution in [0.1, 0.15) is 27.2 Å². The quantitative estimate of drug-likeness (QED) is 0.667. The number of para-hydroxylation sites is 1. The Labute approximate surface area is 125 Å². The third kappa shape index (κ3) is 3.64. The van der Waals surface area contributed by atoms with Gasteiger partial charge in [0.15, 0.2) is 5.75 Å². The highest BCUT2D eigenvalue weighted by molar-refractivity contribution is 5.70. The molecule has 0 aliphatic carbocycles. The van der Waals surface area contributed by atoms with E-state index in [-0.39, 0.29) is 16.1 Å². The SMILES string of the molecule is CCCOc1cccc(N2CCNC(C)(C)C2)c1[N+](=O)[O-]. The van der Waals surface area contributed by atoms with Gasteiger partial charge in [-0.3, -0.25) is 10.1 Å². The lowest BCUT2D eigenvalue weighted by Gasteiger charge is -2.40. The summed E-state index contributed by atoms with van der Waals surface area (Å²) in [6, 6.07) is 5.30. The van der Waals surface area contributed by atoms with Crippen LogP contribution in [0.3, 0.4) is 0 Å². The van der Waals surface area contributed by atoms with E-state index < -0.39 is 0 Å². The van der Waals surface area contributed by atoms with Gasteiger partial charge in [-0.05, 0) is 32.4 Å². The van der Waals surface area contributed by atoms with Crippen LogP contribution in [0.25, 0.3) is 0 Å². The van der Waals surface area contributed by atoms with Crippen molar-refractivity contribution < 1.29 is 9.66 Å². The number of nitro groups is 1. The van der Waals surface area contributed by atoms with E-state index in [2.05, 4.69) is 24.1 Å². The molecule has 0 amide bonds. The molecule has 1 aromatic carbocycles. The van der Waals surface area contributed by atoms with Gasteiger partial charge in [0, 0.05) is 25.2 Å². The van der Waals surface area contributed by atoms with Gasteiger partial charge in [0.05, 0.1) is 11.5 Å². The molecule has 0 aromatic heterocycles. The van der Waals surface area contributed by atoms with Crippen LogP contribution in [0.15, 0.2) is 18.2 Å². The maximum Gasteiger partial charge on any atom is 0.333 e. The monoisotopic (exact) mass is 293 g/mol. The average Bonchev–Trinajstić information content (AvgIpc) is 2.43. The number of benzene rings is 1. The van der Waals surface area contributed by atoms with Gasteiger partial charge in [-0.2, -0.15) is 0 Å². The summed E-state index contributed by atoms with van der Waals surface area (Å²) in [5.41, 5.74) is 0.652. The highest BCUT2D eigenvalue weighted by atomic mass is 16.6. The first kappa shape index (κ1) is 15.6. The molecular weight excluding hydrogens is 270 g/mol. The number of nitro benzene ring substituents is 1. The van der Waals surface area contributed by atoms with Gasteiger partial charge in [-0.15, -0.1) is 0 Å². The zero-order valence-corrected chi connectivity index (χ0v) is 12.9. The summed E-state index contributed by atoms with van der Waals surface area (Å²) in [6.07, 6.45) is 0.821. The molecule has 1 aromatic rings. The number of nitrogens with one attached hydrogen (secondary N) is 1. The summed E-state index contributed by atoms with van der Waals surface area (Å²) in [7, 11) is 0. The topological polar surface area (TPSA) is 67.6 Å². The summed E-state index contributed by atoms with van der Waals surface area (Å²) in [6.45, 7) is 8.95. The lowest BCUT2D eigenvalue weighted by atomic mass is 10.0. The largest absolute Gasteiger partial charge is 0.487 e. The van der Waals surface area contributed by atoms with Crippen LogP contribution >= 0.6 is 0 Å². The van der Waals surface area contributed by atoms with Crippen LogP contribution in [-0.4, -0.2) is 36.7 Å². The summed E-state index contributed by atoms with van der Waals surface area (Å²) in [5, 5.41) is 14.9. The Morgan fingerprint density at radius 3 is 2.86 bits per heavy atom. The Balaban J connectivity index is 2.36. The highest BCUT2D eigenvalue weighted by Crippen LogP contribution is 2.38. The molecule has 1 N–H and O–H groups in total. The molecule has 0 unspecified atom stereocenters. The van der Waals surface area contributed by atoms with Crippen LogP contribution in [0.4, 0.5) is 11.4 Å². The summed E-state index contributed by atoms with van der Waals surface area (Å²) in [5.74, 6) is 0.357. The standard InChI is InChI=1S/C15H23N3O3/c1-4-10-21-13-7-5-6-12(14(13)18(19)20)17-9-8-16-15(2,3)11-17/h5-7,16H,4,8-11H2,1-3H3. The molecule has 1 fully saturated rings. The van der Waals surface area contributed by atoms with E-state index in [9.17, 15) is 10.1 Å². The van der Waals surface area contributed by atoms with Crippen molar-refractivity contribution in [1.82, 2.24) is 5.32 Å². The van der Waals surface area contributed by atoms with Crippen LogP contribution in [0.5, 0.6) is 5.75 Å². The third-order valence-electron chi connectivity index (χ3n) is 3.53. The van der Waals surface area contributed by atoms with Crippen molar-refractivity contribution in [2.45, 2.75) is 32.7 Å². The summed E-state index contributed by atoms with van der Waals surface area (Å²) >= 11 is 0. The van der Waals surface area contributed by atoms with E-state index in [4.69, 9.17) is 4.74 Å². The van der Waals surface area contributed by atoms with E-state index in [1.165, 1.54) is 0 Å². The maximum absolute atomic E-state index is 11.5. The second-order valence-electron chi connectivity index (χ2n) is 5.96. The molecule has 21 heavy (non-hydrogen) atoms. The molecule has 0 spiro atoms. The maximum atomic E-state index is 11.5. The lowest BCUT2D eigenvalue weighted by Crippen LogP contribution is -2.57. The minimum absolute atomic E-state index is 0.0631. The molecule has 6 nitrogen and oxygen atoms in total. The van der Waals surface area contributed by atoms with Gasteiger partial charge in [0.1, 0.15) is 5.69 Å². The molecule has 1 saturated heterocycles. The number of piperazine rings is 1. The van der Waals surface area contributed by atoms with E-state index in [0.717, 1.165) is 26.1 Å². The normalized spacial score (nSPS) is 17.6. The number of hydrogen-bond acceptors (Lipinski definition) is 5. The van der Waals surface area contributed by atoms with E-state index in [0.29, 0.717) is 18.0 Å². The number of anilines is 1. The Morgan fingerprint density at radius 1 is 1.48 bits per heavy atom. The Kier molecular flexibility index (Phi) is 4.67. The fourth-order valence-corrected chi connectivity index (χ4v) is 2.62. The van der Waals surface area contributed by atoms with E-state index in [1.807, 2.05) is 13.0 Å². The fraction of sp³-hybridized carbons (Fsp3) is 0.600. The van der Waals surface area contributed by atoms with Crippen LogP contribution in [0, 0.1) is 10.1 Å². The van der Waals surface area contributed by atoms with Gasteiger partial charge in [0.2, 0.25) is 0 Å². The molecule has 2 rings (SSSR count). The fourth-order valence-electron chi connectivity index (χ4n) is 2.62. The van der Waals surface area contributed by atoms with Gasteiger partial charge in [-0.1, -0.05) is 13.0 Å². The summed E-state index contributed by atoms with van der Waals surface area (Å²) in [4.78, 5) is 13.2.